The van der Waals surface area contributed by atoms with E-state index in [4.69, 9.17) is 0 Å². The van der Waals surface area contributed by atoms with Crippen LogP contribution in [0.4, 0.5) is 0 Å². The van der Waals surface area contributed by atoms with Crippen LogP contribution in [0.15, 0.2) is 36.5 Å². The van der Waals surface area contributed by atoms with Crippen molar-refractivity contribution in [2.45, 2.75) is 38.8 Å². The molecule has 4 rings (SSSR count). The molecule has 0 spiro atoms. The summed E-state index contributed by atoms with van der Waals surface area (Å²) in [6.45, 7) is 6.83. The van der Waals surface area contributed by atoms with Crippen molar-refractivity contribution in [2.24, 2.45) is 0 Å². The number of likely N-dealkylation sites (tertiary alicyclic amines) is 1. The third-order valence-electron chi connectivity index (χ3n) is 6.19. The summed E-state index contributed by atoms with van der Waals surface area (Å²) in [4.78, 5) is 31.5. The van der Waals surface area contributed by atoms with E-state index in [0.29, 0.717) is 32.2 Å². The summed E-state index contributed by atoms with van der Waals surface area (Å²) in [7, 11) is 0. The summed E-state index contributed by atoms with van der Waals surface area (Å²) >= 11 is 0. The van der Waals surface area contributed by atoms with E-state index in [0.717, 1.165) is 43.4 Å². The van der Waals surface area contributed by atoms with Gasteiger partial charge in [0.25, 0.3) is 0 Å². The molecule has 2 fully saturated rings. The van der Waals surface area contributed by atoms with Gasteiger partial charge in [0.2, 0.25) is 11.8 Å². The van der Waals surface area contributed by atoms with Crippen molar-refractivity contribution in [3.63, 3.8) is 0 Å². The van der Waals surface area contributed by atoms with Gasteiger partial charge in [-0.1, -0.05) is 18.2 Å². The fraction of sp³-hybridized carbons (Fsp3) is 0.545. The Hall–Kier alpha value is -2.34. The molecule has 2 amide bonds. The number of carbonyl (C=O) groups excluding carboxylic acids is 2. The van der Waals surface area contributed by atoms with E-state index in [1.165, 1.54) is 6.42 Å². The maximum absolute atomic E-state index is 12.7. The minimum Gasteiger partial charge on any atom is -0.339 e. The Morgan fingerprint density at radius 1 is 0.929 bits per heavy atom. The Morgan fingerprint density at radius 3 is 2.50 bits per heavy atom. The molecule has 0 aliphatic carbocycles. The largest absolute Gasteiger partial charge is 0.339 e. The van der Waals surface area contributed by atoms with E-state index in [1.54, 1.807) is 0 Å². The molecule has 2 saturated heterocycles. The maximum Gasteiger partial charge on any atom is 0.242 e. The topological polar surface area (TPSA) is 48.8 Å². The van der Waals surface area contributed by atoms with Crippen LogP contribution in [0.1, 0.15) is 26.2 Å². The average Bonchev–Trinajstić information content (AvgIpc) is 3.12. The molecule has 1 aromatic heterocycles. The van der Waals surface area contributed by atoms with Gasteiger partial charge in [-0.05, 0) is 43.7 Å². The summed E-state index contributed by atoms with van der Waals surface area (Å²) in [6.07, 6.45) is 5.44. The predicted octanol–water partition coefficient (Wildman–Crippen LogP) is 2.19. The number of piperazine rings is 1. The number of para-hydroxylation sites is 1. The van der Waals surface area contributed by atoms with Crippen molar-refractivity contribution >= 4 is 22.7 Å². The Kier molecular flexibility index (Phi) is 5.67. The highest BCUT2D eigenvalue weighted by atomic mass is 16.2. The maximum atomic E-state index is 12.7. The molecule has 6 nitrogen and oxygen atoms in total. The van der Waals surface area contributed by atoms with E-state index in [2.05, 4.69) is 17.9 Å². The van der Waals surface area contributed by atoms with Gasteiger partial charge in [0.15, 0.2) is 0 Å². The van der Waals surface area contributed by atoms with Gasteiger partial charge in [0.1, 0.15) is 6.54 Å². The lowest BCUT2D eigenvalue weighted by Crippen LogP contribution is -2.53. The first-order chi connectivity index (χ1) is 13.6. The van der Waals surface area contributed by atoms with Gasteiger partial charge in [0.05, 0.1) is 6.54 Å². The van der Waals surface area contributed by atoms with Gasteiger partial charge in [-0.15, -0.1) is 0 Å². The van der Waals surface area contributed by atoms with Gasteiger partial charge in [-0.25, -0.2) is 0 Å². The average molecular weight is 383 g/mol. The van der Waals surface area contributed by atoms with Gasteiger partial charge < -0.3 is 14.4 Å². The van der Waals surface area contributed by atoms with Crippen LogP contribution >= 0.6 is 0 Å². The fourth-order valence-corrected chi connectivity index (χ4v) is 4.43. The third kappa shape index (κ3) is 4.07. The molecule has 150 valence electrons. The van der Waals surface area contributed by atoms with Crippen LogP contribution in [0.25, 0.3) is 10.9 Å². The van der Waals surface area contributed by atoms with Crippen LogP contribution in [0.5, 0.6) is 0 Å². The van der Waals surface area contributed by atoms with Gasteiger partial charge >= 0.3 is 0 Å². The molecular formula is C22H30N4O2. The van der Waals surface area contributed by atoms with Crippen molar-refractivity contribution in [1.29, 1.82) is 0 Å². The van der Waals surface area contributed by atoms with Crippen molar-refractivity contribution in [2.75, 3.05) is 39.3 Å². The Labute approximate surface area is 166 Å². The van der Waals surface area contributed by atoms with Crippen LogP contribution in [0.3, 0.4) is 0 Å². The van der Waals surface area contributed by atoms with E-state index in [9.17, 15) is 9.59 Å². The Bertz CT molecular complexity index is 838. The van der Waals surface area contributed by atoms with Crippen molar-refractivity contribution in [1.82, 2.24) is 19.3 Å². The van der Waals surface area contributed by atoms with E-state index in [1.807, 2.05) is 44.8 Å². The molecule has 2 aromatic rings. The number of hydrogen-bond donors (Lipinski definition) is 0. The quantitative estimate of drug-likeness (QED) is 0.814. The molecule has 6 heteroatoms. The molecule has 0 saturated carbocycles. The number of fused-ring (bicyclic) bond motifs is 1. The van der Waals surface area contributed by atoms with E-state index < -0.39 is 0 Å². The van der Waals surface area contributed by atoms with Crippen molar-refractivity contribution < 1.29 is 9.59 Å². The SMILES string of the molecule is CC1CCCCN1C(=O)CN1CCN(C(=O)Cn2ccc3ccccc32)CC1. The molecule has 0 N–H and O–H groups in total. The van der Waals surface area contributed by atoms with Gasteiger partial charge in [-0.2, -0.15) is 0 Å². The lowest BCUT2D eigenvalue weighted by molar-refractivity contribution is -0.137. The zero-order valence-electron chi connectivity index (χ0n) is 16.7. The molecule has 1 aromatic carbocycles. The minimum absolute atomic E-state index is 0.150. The van der Waals surface area contributed by atoms with Crippen LogP contribution in [-0.4, -0.2) is 76.4 Å². The molecule has 0 bridgehead atoms. The minimum atomic E-state index is 0.150. The molecule has 3 heterocycles. The smallest absolute Gasteiger partial charge is 0.242 e. The standard InChI is InChI=1S/C22H30N4O2/c1-18-6-4-5-10-26(18)22(28)16-23-12-14-24(15-13-23)21(27)17-25-11-9-19-7-2-3-8-20(19)25/h2-3,7-9,11,18H,4-6,10,12-17H2,1H3. The summed E-state index contributed by atoms with van der Waals surface area (Å²) in [5, 5.41) is 1.16. The molecule has 2 aliphatic heterocycles. The highest BCUT2D eigenvalue weighted by molar-refractivity contribution is 5.83. The summed E-state index contributed by atoms with van der Waals surface area (Å²) in [6, 6.07) is 10.5. The second-order valence-electron chi connectivity index (χ2n) is 8.09. The Balaban J connectivity index is 1.28. The predicted molar refractivity (Wildman–Crippen MR) is 110 cm³/mol. The van der Waals surface area contributed by atoms with Crippen molar-refractivity contribution in [3.8, 4) is 0 Å². The number of rotatable bonds is 4. The molecule has 1 unspecified atom stereocenters. The third-order valence-corrected chi connectivity index (χ3v) is 6.19. The number of hydrogen-bond acceptors (Lipinski definition) is 3. The van der Waals surface area contributed by atoms with Crippen molar-refractivity contribution in [3.05, 3.63) is 36.5 Å². The fourth-order valence-electron chi connectivity index (χ4n) is 4.43. The number of amides is 2. The number of carbonyl (C=O) groups is 2. The first-order valence-corrected chi connectivity index (χ1v) is 10.5. The van der Waals surface area contributed by atoms with E-state index in [-0.39, 0.29) is 11.8 Å². The monoisotopic (exact) mass is 382 g/mol. The van der Waals surface area contributed by atoms with Gasteiger partial charge in [0, 0.05) is 50.5 Å². The molecule has 0 radical (unpaired) electrons. The number of benzene rings is 1. The first-order valence-electron chi connectivity index (χ1n) is 10.5. The Morgan fingerprint density at radius 2 is 1.71 bits per heavy atom. The zero-order chi connectivity index (χ0) is 19.5. The highest BCUT2D eigenvalue weighted by Gasteiger charge is 2.27. The van der Waals surface area contributed by atoms with Crippen LogP contribution in [0.2, 0.25) is 0 Å². The van der Waals surface area contributed by atoms with Crippen LogP contribution in [-0.2, 0) is 16.1 Å². The van der Waals surface area contributed by atoms with Gasteiger partial charge in [-0.3, -0.25) is 14.5 Å². The van der Waals surface area contributed by atoms with E-state index >= 15 is 0 Å². The number of aromatic nitrogens is 1. The normalized spacial score (nSPS) is 21.2. The summed E-state index contributed by atoms with van der Waals surface area (Å²) in [5.74, 6) is 0.391. The zero-order valence-corrected chi connectivity index (χ0v) is 16.7. The summed E-state index contributed by atoms with van der Waals surface area (Å²) in [5.41, 5.74) is 1.09. The number of nitrogens with zero attached hydrogens (tertiary/aromatic N) is 4. The number of piperidine rings is 1. The second-order valence-corrected chi connectivity index (χ2v) is 8.09. The lowest BCUT2D eigenvalue weighted by Gasteiger charge is -2.38. The lowest BCUT2D eigenvalue weighted by atomic mass is 10.0. The molecule has 2 aliphatic rings. The summed E-state index contributed by atoms with van der Waals surface area (Å²) < 4.78 is 2.02. The highest BCUT2D eigenvalue weighted by Crippen LogP contribution is 2.18. The van der Waals surface area contributed by atoms with Crippen LogP contribution < -0.4 is 0 Å². The van der Waals surface area contributed by atoms with Crippen LogP contribution in [0, 0.1) is 0 Å². The second kappa shape index (κ2) is 8.35. The molecule has 1 atom stereocenters. The molecular weight excluding hydrogens is 352 g/mol. The first kappa shape index (κ1) is 19.0. The molecule has 28 heavy (non-hydrogen) atoms.